The van der Waals surface area contributed by atoms with Crippen LogP contribution in [0.5, 0.6) is 0 Å². The van der Waals surface area contributed by atoms with Crippen molar-refractivity contribution < 1.29 is 9.53 Å². The Kier molecular flexibility index (Phi) is 10.8. The molecule has 0 amide bonds. The van der Waals surface area contributed by atoms with Gasteiger partial charge in [-0.05, 0) is 87.2 Å². The number of benzene rings is 3. The van der Waals surface area contributed by atoms with Crippen molar-refractivity contribution in [3.05, 3.63) is 98.5 Å². The largest absolute Gasteiger partial charge is 0.466 e. The molecule has 0 bridgehead atoms. The van der Waals surface area contributed by atoms with Gasteiger partial charge in [-0.25, -0.2) is 0 Å². The third-order valence-electron chi connectivity index (χ3n) is 5.70. The molecule has 1 atom stereocenters. The lowest BCUT2D eigenvalue weighted by molar-refractivity contribution is -0.140. The van der Waals surface area contributed by atoms with Crippen LogP contribution in [0, 0.1) is 20.8 Å². The summed E-state index contributed by atoms with van der Waals surface area (Å²) in [5.74, 6) is 0.684. The van der Waals surface area contributed by atoms with E-state index in [-0.39, 0.29) is 12.0 Å². The molecule has 0 aliphatic rings. The first-order chi connectivity index (χ1) is 16.6. The summed E-state index contributed by atoms with van der Waals surface area (Å²) in [7, 11) is 1.84. The molecule has 0 saturated carbocycles. The Bertz CT molecular complexity index is 1190. The van der Waals surface area contributed by atoms with Crippen molar-refractivity contribution in [2.45, 2.75) is 47.6 Å². The Balaban J connectivity index is 0.000000641. The Morgan fingerprint density at radius 3 is 2.14 bits per heavy atom. The van der Waals surface area contributed by atoms with Gasteiger partial charge in [0.05, 0.1) is 12.6 Å². The van der Waals surface area contributed by atoms with Crippen LogP contribution in [0.25, 0.3) is 0 Å². The highest BCUT2D eigenvalue weighted by molar-refractivity contribution is 6.31. The van der Waals surface area contributed by atoms with Gasteiger partial charge in [0, 0.05) is 35.3 Å². The van der Waals surface area contributed by atoms with Crippen LogP contribution >= 0.6 is 23.2 Å². The summed E-state index contributed by atoms with van der Waals surface area (Å²) < 4.78 is 4.40. The molecule has 0 fully saturated rings. The second-order valence-electron chi connectivity index (χ2n) is 8.30. The van der Waals surface area contributed by atoms with E-state index in [4.69, 9.17) is 28.2 Å². The Morgan fingerprint density at radius 1 is 0.943 bits per heavy atom. The number of esters is 1. The van der Waals surface area contributed by atoms with E-state index in [1.165, 1.54) is 18.1 Å². The number of aryl methyl sites for hydroxylation is 3. The molecule has 0 aliphatic carbocycles. The fraction of sp³-hybridized carbons (Fsp3) is 0.310. The molecule has 0 radical (unpaired) electrons. The third-order valence-corrected chi connectivity index (χ3v) is 6.17. The number of anilines is 1. The molecule has 6 heteroatoms. The maximum Gasteiger partial charge on any atom is 0.302 e. The fourth-order valence-corrected chi connectivity index (χ4v) is 4.09. The smallest absolute Gasteiger partial charge is 0.302 e. The SMILES string of the molecule is CCOC(C)=O.CN=C(c1ccc(C)c(C)c1)N(c1cc(Cl)ccc1C)C(C)c1cccc(Cl)c1. The molecule has 186 valence electrons. The minimum absolute atomic E-state index is 0.00572. The van der Waals surface area contributed by atoms with E-state index < -0.39 is 0 Å². The van der Waals surface area contributed by atoms with Crippen LogP contribution < -0.4 is 4.90 Å². The van der Waals surface area contributed by atoms with Gasteiger partial charge in [0.25, 0.3) is 0 Å². The highest BCUT2D eigenvalue weighted by Crippen LogP contribution is 2.34. The molecule has 0 saturated heterocycles. The highest BCUT2D eigenvalue weighted by atomic mass is 35.5. The summed E-state index contributed by atoms with van der Waals surface area (Å²) in [6, 6.07) is 20.4. The lowest BCUT2D eigenvalue weighted by Gasteiger charge is -2.34. The first kappa shape index (κ1) is 28.4. The molecule has 1 unspecified atom stereocenters. The zero-order chi connectivity index (χ0) is 26.1. The number of ether oxygens (including phenoxy) is 1. The van der Waals surface area contributed by atoms with E-state index in [2.05, 4.69) is 61.6 Å². The Labute approximate surface area is 219 Å². The minimum Gasteiger partial charge on any atom is -0.466 e. The van der Waals surface area contributed by atoms with Crippen LogP contribution in [-0.4, -0.2) is 25.5 Å². The number of rotatable bonds is 5. The number of carbonyl (C=O) groups excluding carboxylic acids is 1. The zero-order valence-corrected chi connectivity index (χ0v) is 23.0. The maximum absolute atomic E-state index is 9.82. The average Bonchev–Trinajstić information content (AvgIpc) is 2.81. The minimum atomic E-state index is -0.211. The lowest BCUT2D eigenvalue weighted by Crippen LogP contribution is -2.35. The number of amidine groups is 1. The van der Waals surface area contributed by atoms with Gasteiger partial charge >= 0.3 is 5.97 Å². The van der Waals surface area contributed by atoms with Crippen molar-refractivity contribution in [2.75, 3.05) is 18.6 Å². The molecule has 3 aromatic carbocycles. The van der Waals surface area contributed by atoms with Gasteiger partial charge in [0.1, 0.15) is 5.84 Å². The normalized spacial score (nSPS) is 11.9. The maximum atomic E-state index is 9.82. The summed E-state index contributed by atoms with van der Waals surface area (Å²) >= 11 is 12.7. The Hall–Kier alpha value is -2.82. The Morgan fingerprint density at radius 2 is 1.60 bits per heavy atom. The van der Waals surface area contributed by atoms with Crippen molar-refractivity contribution in [2.24, 2.45) is 4.99 Å². The number of halogens is 2. The molecule has 35 heavy (non-hydrogen) atoms. The summed E-state index contributed by atoms with van der Waals surface area (Å²) in [6.45, 7) is 12.2. The predicted molar refractivity (Wildman–Crippen MR) is 149 cm³/mol. The number of nitrogens with zero attached hydrogens (tertiary/aromatic N) is 2. The van der Waals surface area contributed by atoms with E-state index in [1.807, 2.05) is 43.4 Å². The van der Waals surface area contributed by atoms with Crippen molar-refractivity contribution in [1.82, 2.24) is 0 Å². The first-order valence-corrected chi connectivity index (χ1v) is 12.3. The van der Waals surface area contributed by atoms with Crippen LogP contribution in [0.15, 0.2) is 65.7 Å². The van der Waals surface area contributed by atoms with E-state index >= 15 is 0 Å². The van der Waals surface area contributed by atoms with Crippen molar-refractivity contribution >= 4 is 40.7 Å². The second-order valence-corrected chi connectivity index (χ2v) is 9.18. The topological polar surface area (TPSA) is 41.9 Å². The van der Waals surface area contributed by atoms with Gasteiger partial charge in [-0.3, -0.25) is 9.79 Å². The van der Waals surface area contributed by atoms with Gasteiger partial charge in [0.2, 0.25) is 0 Å². The number of carbonyl (C=O) groups is 1. The lowest BCUT2D eigenvalue weighted by atomic mass is 10.0. The van der Waals surface area contributed by atoms with Crippen molar-refractivity contribution in [3.8, 4) is 0 Å². The van der Waals surface area contributed by atoms with Crippen LogP contribution in [0.4, 0.5) is 5.69 Å². The standard InChI is InChI=1S/C25H26Cl2N2.C4H8O2/c1-16-9-11-21(13-18(16)3)25(28-5)29(24-15-23(27)12-10-17(24)2)19(4)20-7-6-8-22(26)14-20;1-3-6-4(2)5/h6-15,19H,1-5H3;3H2,1-2H3. The van der Waals surface area contributed by atoms with Crippen molar-refractivity contribution in [3.63, 3.8) is 0 Å². The first-order valence-electron chi connectivity index (χ1n) is 11.6. The highest BCUT2D eigenvalue weighted by Gasteiger charge is 2.25. The van der Waals surface area contributed by atoms with E-state index in [0.717, 1.165) is 33.2 Å². The summed E-state index contributed by atoms with van der Waals surface area (Å²) in [5, 5.41) is 1.42. The average molecular weight is 514 g/mol. The van der Waals surface area contributed by atoms with Crippen molar-refractivity contribution in [1.29, 1.82) is 0 Å². The molecule has 4 nitrogen and oxygen atoms in total. The van der Waals surface area contributed by atoms with Gasteiger partial charge in [0.15, 0.2) is 0 Å². The summed E-state index contributed by atoms with van der Waals surface area (Å²) in [4.78, 5) is 16.8. The summed E-state index contributed by atoms with van der Waals surface area (Å²) in [5.41, 5.74) is 6.85. The van der Waals surface area contributed by atoms with E-state index in [1.54, 1.807) is 6.92 Å². The number of hydrogen-bond acceptors (Lipinski definition) is 3. The molecule has 0 aliphatic heterocycles. The third kappa shape index (κ3) is 7.84. The quantitative estimate of drug-likeness (QED) is 0.197. The molecule has 3 aromatic rings. The molecular weight excluding hydrogens is 479 g/mol. The van der Waals surface area contributed by atoms with Crippen LogP contribution in [-0.2, 0) is 9.53 Å². The summed E-state index contributed by atoms with van der Waals surface area (Å²) in [6.07, 6.45) is 0. The predicted octanol–water partition coefficient (Wildman–Crippen LogP) is 8.13. The monoisotopic (exact) mass is 512 g/mol. The van der Waals surface area contributed by atoms with E-state index in [0.29, 0.717) is 11.6 Å². The van der Waals surface area contributed by atoms with Crippen LogP contribution in [0.3, 0.4) is 0 Å². The van der Waals surface area contributed by atoms with Gasteiger partial charge < -0.3 is 9.64 Å². The molecule has 0 aromatic heterocycles. The van der Waals surface area contributed by atoms with Crippen LogP contribution in [0.1, 0.15) is 54.6 Å². The van der Waals surface area contributed by atoms with Gasteiger partial charge in [-0.2, -0.15) is 0 Å². The number of hydrogen-bond donors (Lipinski definition) is 0. The van der Waals surface area contributed by atoms with E-state index in [9.17, 15) is 4.79 Å². The van der Waals surface area contributed by atoms with Crippen LogP contribution in [0.2, 0.25) is 10.0 Å². The molecule has 0 heterocycles. The number of aliphatic imine (C=N–C) groups is 1. The molecule has 0 spiro atoms. The fourth-order valence-electron chi connectivity index (χ4n) is 3.72. The molecule has 0 N–H and O–H groups in total. The molecule has 3 rings (SSSR count). The van der Waals surface area contributed by atoms with Gasteiger partial charge in [-0.15, -0.1) is 0 Å². The molecular formula is C29H34Cl2N2O2. The van der Waals surface area contributed by atoms with Gasteiger partial charge in [-0.1, -0.05) is 53.5 Å². The second kappa shape index (κ2) is 13.3. The zero-order valence-electron chi connectivity index (χ0n) is 21.5.